The van der Waals surface area contributed by atoms with E-state index in [1.54, 1.807) is 17.0 Å². The quantitative estimate of drug-likeness (QED) is 0.922. The van der Waals surface area contributed by atoms with Gasteiger partial charge in [0.05, 0.1) is 0 Å². The minimum Gasteiger partial charge on any atom is -0.337 e. The van der Waals surface area contributed by atoms with Crippen LogP contribution in [0.25, 0.3) is 0 Å². The Balaban J connectivity index is 1.54. The molecule has 0 spiro atoms. The van der Waals surface area contributed by atoms with Gasteiger partial charge in [0.25, 0.3) is 0 Å². The summed E-state index contributed by atoms with van der Waals surface area (Å²) in [6.45, 7) is 1.27. The maximum absolute atomic E-state index is 12.8. The Morgan fingerprint density at radius 1 is 1.14 bits per heavy atom. The van der Waals surface area contributed by atoms with Crippen LogP contribution in [-0.4, -0.2) is 19.1 Å². The first-order chi connectivity index (χ1) is 10.2. The molecule has 0 radical (unpaired) electrons. The number of fused-ring (bicyclic) bond motifs is 1. The lowest BCUT2D eigenvalue weighted by atomic mass is 10.1. The summed E-state index contributed by atoms with van der Waals surface area (Å²) in [4.78, 5) is 14.0. The molecule has 0 fully saturated rings. The molecule has 2 aromatic carbocycles. The number of nitrogens with one attached hydrogen (secondary N) is 1. The lowest BCUT2D eigenvalue weighted by Gasteiger charge is -2.18. The average molecular weight is 284 g/mol. The van der Waals surface area contributed by atoms with Crippen LogP contribution in [0, 0.1) is 5.82 Å². The van der Waals surface area contributed by atoms with E-state index in [0.717, 1.165) is 24.2 Å². The highest BCUT2D eigenvalue weighted by molar-refractivity contribution is 5.94. The normalized spacial score (nSPS) is 13.1. The number of rotatable bonds is 3. The van der Waals surface area contributed by atoms with Gasteiger partial charge in [0.2, 0.25) is 0 Å². The molecule has 1 N–H and O–H groups in total. The molecule has 3 rings (SSSR count). The summed E-state index contributed by atoms with van der Waals surface area (Å²) in [6, 6.07) is 14.3. The van der Waals surface area contributed by atoms with E-state index in [4.69, 9.17) is 0 Å². The zero-order valence-electron chi connectivity index (χ0n) is 11.7. The third-order valence-corrected chi connectivity index (χ3v) is 3.74. The van der Waals surface area contributed by atoms with Gasteiger partial charge in [-0.3, -0.25) is 4.90 Å². The van der Waals surface area contributed by atoms with Gasteiger partial charge in [-0.05, 0) is 42.2 Å². The lowest BCUT2D eigenvalue weighted by Crippen LogP contribution is -2.39. The number of benzene rings is 2. The molecule has 4 heteroatoms. The van der Waals surface area contributed by atoms with Gasteiger partial charge in [-0.1, -0.05) is 30.3 Å². The number of halogens is 1. The second-order valence-electron chi connectivity index (χ2n) is 5.14. The highest BCUT2D eigenvalue weighted by atomic mass is 19.1. The third kappa shape index (κ3) is 3.05. The number of hydrogen-bond acceptors (Lipinski definition) is 1. The highest BCUT2D eigenvalue weighted by Crippen LogP contribution is 2.27. The van der Waals surface area contributed by atoms with E-state index in [1.165, 1.54) is 17.7 Å². The molecule has 0 unspecified atom stereocenters. The molecule has 1 aliphatic heterocycles. The summed E-state index contributed by atoms with van der Waals surface area (Å²) in [5, 5.41) is 2.92. The summed E-state index contributed by atoms with van der Waals surface area (Å²) >= 11 is 0. The molecule has 1 heterocycles. The summed E-state index contributed by atoms with van der Waals surface area (Å²) in [5.41, 5.74) is 3.22. The number of carbonyl (C=O) groups excluding carboxylic acids is 1. The van der Waals surface area contributed by atoms with E-state index in [0.29, 0.717) is 13.0 Å². The first-order valence-corrected chi connectivity index (χ1v) is 7.12. The van der Waals surface area contributed by atoms with Crippen molar-refractivity contribution in [3.05, 3.63) is 65.5 Å². The zero-order chi connectivity index (χ0) is 14.7. The number of amides is 2. The summed E-state index contributed by atoms with van der Waals surface area (Å²) in [6.07, 6.45) is 1.60. The number of urea groups is 1. The fraction of sp³-hybridized carbons (Fsp3) is 0.235. The molecule has 1 aliphatic rings. The predicted molar refractivity (Wildman–Crippen MR) is 81.0 cm³/mol. The van der Waals surface area contributed by atoms with E-state index in [9.17, 15) is 9.18 Å². The molecular weight excluding hydrogens is 267 g/mol. The second-order valence-corrected chi connectivity index (χ2v) is 5.14. The van der Waals surface area contributed by atoms with Crippen molar-refractivity contribution in [1.82, 2.24) is 5.32 Å². The fourth-order valence-electron chi connectivity index (χ4n) is 2.61. The largest absolute Gasteiger partial charge is 0.337 e. The molecular formula is C17H17FN2O. The van der Waals surface area contributed by atoms with E-state index in [-0.39, 0.29) is 11.8 Å². The van der Waals surface area contributed by atoms with Crippen LogP contribution < -0.4 is 10.2 Å². The van der Waals surface area contributed by atoms with Crippen LogP contribution in [0.2, 0.25) is 0 Å². The molecule has 3 nitrogen and oxygen atoms in total. The van der Waals surface area contributed by atoms with Crippen molar-refractivity contribution < 1.29 is 9.18 Å². The Kier molecular flexibility index (Phi) is 3.86. The molecule has 21 heavy (non-hydrogen) atoms. The van der Waals surface area contributed by atoms with E-state index in [1.807, 2.05) is 18.2 Å². The molecule has 0 saturated heterocycles. The van der Waals surface area contributed by atoms with Gasteiger partial charge < -0.3 is 5.32 Å². The second kappa shape index (κ2) is 5.95. The molecule has 2 amide bonds. The topological polar surface area (TPSA) is 32.3 Å². The average Bonchev–Trinajstić information content (AvgIpc) is 2.93. The zero-order valence-corrected chi connectivity index (χ0v) is 11.7. The van der Waals surface area contributed by atoms with Gasteiger partial charge in [-0.2, -0.15) is 0 Å². The predicted octanol–water partition coefficient (Wildman–Crippen LogP) is 3.14. The molecule has 0 bridgehead atoms. The molecule has 108 valence electrons. The summed E-state index contributed by atoms with van der Waals surface area (Å²) in [5.74, 6) is -0.239. The van der Waals surface area contributed by atoms with Gasteiger partial charge in [0.1, 0.15) is 5.82 Å². The Labute approximate surface area is 123 Å². The first kappa shape index (κ1) is 13.6. The van der Waals surface area contributed by atoms with Crippen molar-refractivity contribution in [2.75, 3.05) is 18.0 Å². The number of anilines is 1. The molecule has 2 aromatic rings. The van der Waals surface area contributed by atoms with Crippen LogP contribution in [0.1, 0.15) is 11.1 Å². The van der Waals surface area contributed by atoms with Crippen molar-refractivity contribution in [3.63, 3.8) is 0 Å². The number of carbonyl (C=O) groups is 1. The molecule has 0 saturated carbocycles. The Bertz CT molecular complexity index is 639. The Hall–Kier alpha value is -2.36. The fourth-order valence-corrected chi connectivity index (χ4v) is 2.61. The Morgan fingerprint density at radius 2 is 1.90 bits per heavy atom. The van der Waals surface area contributed by atoms with Crippen LogP contribution in [-0.2, 0) is 12.8 Å². The Morgan fingerprint density at radius 3 is 2.71 bits per heavy atom. The lowest BCUT2D eigenvalue weighted by molar-refractivity contribution is 0.247. The van der Waals surface area contributed by atoms with Gasteiger partial charge in [-0.15, -0.1) is 0 Å². The van der Waals surface area contributed by atoms with Gasteiger partial charge >= 0.3 is 6.03 Å². The minimum absolute atomic E-state index is 0.0675. The molecule has 0 aliphatic carbocycles. The van der Waals surface area contributed by atoms with E-state index < -0.39 is 0 Å². The van der Waals surface area contributed by atoms with Gasteiger partial charge in [0.15, 0.2) is 0 Å². The van der Waals surface area contributed by atoms with Gasteiger partial charge in [0, 0.05) is 18.8 Å². The monoisotopic (exact) mass is 284 g/mol. The number of hydrogen-bond donors (Lipinski definition) is 1. The maximum atomic E-state index is 12.8. The number of para-hydroxylation sites is 1. The highest BCUT2D eigenvalue weighted by Gasteiger charge is 2.23. The first-order valence-electron chi connectivity index (χ1n) is 7.12. The molecule has 0 atom stereocenters. The van der Waals surface area contributed by atoms with E-state index in [2.05, 4.69) is 11.4 Å². The van der Waals surface area contributed by atoms with Crippen molar-refractivity contribution in [2.24, 2.45) is 0 Å². The van der Waals surface area contributed by atoms with Gasteiger partial charge in [-0.25, -0.2) is 9.18 Å². The minimum atomic E-state index is -0.239. The maximum Gasteiger partial charge on any atom is 0.321 e. The SMILES string of the molecule is O=C(NCCc1ccc(F)cc1)N1CCc2ccccc21. The van der Waals surface area contributed by atoms with Crippen molar-refractivity contribution in [1.29, 1.82) is 0 Å². The smallest absolute Gasteiger partial charge is 0.321 e. The van der Waals surface area contributed by atoms with Crippen LogP contribution >= 0.6 is 0 Å². The molecule has 0 aromatic heterocycles. The van der Waals surface area contributed by atoms with Crippen LogP contribution in [0.5, 0.6) is 0 Å². The van der Waals surface area contributed by atoms with Crippen molar-refractivity contribution in [2.45, 2.75) is 12.8 Å². The standard InChI is InChI=1S/C17H17FN2O/c18-15-7-5-13(6-8-15)9-11-19-17(21)20-12-10-14-3-1-2-4-16(14)20/h1-8H,9-12H2,(H,19,21). The van der Waals surface area contributed by atoms with Crippen molar-refractivity contribution in [3.8, 4) is 0 Å². The van der Waals surface area contributed by atoms with Crippen LogP contribution in [0.15, 0.2) is 48.5 Å². The number of nitrogens with zero attached hydrogens (tertiary/aromatic N) is 1. The van der Waals surface area contributed by atoms with E-state index >= 15 is 0 Å². The van der Waals surface area contributed by atoms with Crippen molar-refractivity contribution >= 4 is 11.7 Å². The van der Waals surface area contributed by atoms with Crippen LogP contribution in [0.4, 0.5) is 14.9 Å². The summed E-state index contributed by atoms with van der Waals surface area (Å²) in [7, 11) is 0. The third-order valence-electron chi connectivity index (χ3n) is 3.74. The van der Waals surface area contributed by atoms with Crippen LogP contribution in [0.3, 0.4) is 0 Å². The summed E-state index contributed by atoms with van der Waals surface area (Å²) < 4.78 is 12.8.